The van der Waals surface area contributed by atoms with Gasteiger partial charge in [0.1, 0.15) is 5.84 Å². The minimum absolute atomic E-state index is 0.268. The lowest BCUT2D eigenvalue weighted by Crippen LogP contribution is -2.18. The smallest absolute Gasteiger partial charge is 0.230 e. The zero-order valence-electron chi connectivity index (χ0n) is 4.89. The molecule has 0 aliphatic heterocycles. The molecule has 48 valence electrons. The molecule has 0 unspecified atom stereocenters. The zero-order valence-corrected chi connectivity index (χ0v) is 7.05. The third kappa shape index (κ3) is 3.06. The van der Waals surface area contributed by atoms with Crippen molar-refractivity contribution in [2.24, 2.45) is 16.8 Å². The fraction of sp³-hybridized carbons (Fsp3) is 0.750. The van der Waals surface area contributed by atoms with E-state index >= 15 is 0 Å². The highest BCUT2D eigenvalue weighted by Crippen LogP contribution is 1.93. The molecule has 0 bridgehead atoms. The van der Waals surface area contributed by atoms with Gasteiger partial charge in [0.2, 0.25) is 23.0 Å². The number of halogens is 1. The summed E-state index contributed by atoms with van der Waals surface area (Å²) in [5.41, 5.74) is 5.35. The van der Waals surface area contributed by atoms with E-state index in [2.05, 4.69) is 8.32 Å². The van der Waals surface area contributed by atoms with Crippen molar-refractivity contribution >= 4 is 28.8 Å². The van der Waals surface area contributed by atoms with Crippen LogP contribution in [-0.4, -0.2) is 5.84 Å². The Kier molecular flexibility index (Phi) is 3.94. The Bertz CT molecular complexity index is 92.0. The second kappa shape index (κ2) is 3.94. The lowest BCUT2D eigenvalue weighted by Gasteiger charge is -1.98. The summed E-state index contributed by atoms with van der Waals surface area (Å²) in [5, 5.41) is 3.51. The van der Waals surface area contributed by atoms with Gasteiger partial charge in [-0.25, -0.2) is 0 Å². The number of hydrogen-bond donors (Lipinski definition) is 1. The average Bonchev–Trinajstić information content (AvgIpc) is 1.67. The molecule has 0 aromatic heterocycles. The molecule has 0 amide bonds. The first kappa shape index (κ1) is 8.00. The van der Waals surface area contributed by atoms with Gasteiger partial charge in [0.25, 0.3) is 0 Å². The molecule has 3 nitrogen and oxygen atoms in total. The van der Waals surface area contributed by atoms with Crippen molar-refractivity contribution in [3.8, 4) is 0 Å². The van der Waals surface area contributed by atoms with Gasteiger partial charge in [-0.3, -0.25) is 0 Å². The second-order valence-electron chi connectivity index (χ2n) is 1.74. The van der Waals surface area contributed by atoms with E-state index < -0.39 is 0 Å². The van der Waals surface area contributed by atoms with Gasteiger partial charge in [0.15, 0.2) is 0 Å². The predicted octanol–water partition coefficient (Wildman–Crippen LogP) is 1.28. The Balaban J connectivity index is 3.61. The summed E-state index contributed by atoms with van der Waals surface area (Å²) in [4.78, 5) is 0. The van der Waals surface area contributed by atoms with E-state index in [1.54, 1.807) is 23.0 Å². The molecule has 4 heteroatoms. The first-order valence-corrected chi connectivity index (χ1v) is 3.17. The van der Waals surface area contributed by atoms with Crippen molar-refractivity contribution < 1.29 is 3.17 Å². The molecule has 8 heavy (non-hydrogen) atoms. The van der Waals surface area contributed by atoms with Gasteiger partial charge in [-0.15, -0.1) is 0 Å². The van der Waals surface area contributed by atoms with Crippen LogP contribution < -0.4 is 5.73 Å². The third-order valence-electron chi connectivity index (χ3n) is 0.731. The summed E-state index contributed by atoms with van der Waals surface area (Å²) >= 11 is 1.67. The van der Waals surface area contributed by atoms with Crippen LogP contribution in [0.2, 0.25) is 0 Å². The lowest BCUT2D eigenvalue weighted by molar-refractivity contribution is 0.457. The minimum atomic E-state index is 0.268. The number of rotatable bonds is 2. The first-order valence-electron chi connectivity index (χ1n) is 2.29. The second-order valence-corrected chi connectivity index (χ2v) is 2.13. The highest BCUT2D eigenvalue weighted by molar-refractivity contribution is 14.1. The number of nitrogens with zero attached hydrogens (tertiary/aromatic N) is 1. The molecule has 0 rings (SSSR count). The van der Waals surface area contributed by atoms with Crippen LogP contribution in [0, 0.1) is 5.92 Å². The summed E-state index contributed by atoms with van der Waals surface area (Å²) in [6.07, 6.45) is 0. The molecule has 0 aromatic rings. The van der Waals surface area contributed by atoms with Crippen molar-refractivity contribution in [1.29, 1.82) is 0 Å². The van der Waals surface area contributed by atoms with Crippen LogP contribution in [0.4, 0.5) is 0 Å². The van der Waals surface area contributed by atoms with Gasteiger partial charge < -0.3 is 8.90 Å². The van der Waals surface area contributed by atoms with Crippen LogP contribution in [0.1, 0.15) is 13.8 Å². The van der Waals surface area contributed by atoms with Crippen LogP contribution in [0.15, 0.2) is 5.16 Å². The highest BCUT2D eigenvalue weighted by Gasteiger charge is 1.97. The summed E-state index contributed by atoms with van der Waals surface area (Å²) in [5.74, 6) is 0.796. The number of hydrogen-bond acceptors (Lipinski definition) is 2. The Morgan fingerprint density at radius 1 is 1.75 bits per heavy atom. The molecule has 0 saturated carbocycles. The lowest BCUT2D eigenvalue weighted by atomic mass is 10.2. The van der Waals surface area contributed by atoms with Gasteiger partial charge in [-0.2, -0.15) is 0 Å². The minimum Gasteiger partial charge on any atom is -0.384 e. The average molecular weight is 228 g/mol. The van der Waals surface area contributed by atoms with E-state index in [1.807, 2.05) is 13.8 Å². The molecule has 0 heterocycles. The fourth-order valence-electron chi connectivity index (χ4n) is 0.145. The number of amidine groups is 1. The summed E-state index contributed by atoms with van der Waals surface area (Å²) in [6.45, 7) is 3.91. The van der Waals surface area contributed by atoms with Crippen LogP contribution >= 0.6 is 23.0 Å². The van der Waals surface area contributed by atoms with Crippen molar-refractivity contribution in [2.75, 3.05) is 0 Å². The fourth-order valence-corrected chi connectivity index (χ4v) is 0.373. The van der Waals surface area contributed by atoms with Crippen molar-refractivity contribution in [3.05, 3.63) is 0 Å². The van der Waals surface area contributed by atoms with Crippen LogP contribution in [0.3, 0.4) is 0 Å². The predicted molar refractivity (Wildman–Crippen MR) is 41.6 cm³/mol. The molecule has 0 spiro atoms. The molecular weight excluding hydrogens is 219 g/mol. The Morgan fingerprint density at radius 3 is 2.38 bits per heavy atom. The van der Waals surface area contributed by atoms with Gasteiger partial charge in [0.05, 0.1) is 0 Å². The maximum atomic E-state index is 5.35. The van der Waals surface area contributed by atoms with Gasteiger partial charge >= 0.3 is 0 Å². The quantitative estimate of drug-likeness (QED) is 0.335. The Morgan fingerprint density at radius 2 is 2.25 bits per heavy atom. The molecular formula is C4H9IN2O. The topological polar surface area (TPSA) is 47.6 Å². The number of oxime groups is 1. The molecule has 0 saturated heterocycles. The molecule has 2 N–H and O–H groups in total. The molecule has 0 fully saturated rings. The Labute approximate surface area is 63.0 Å². The van der Waals surface area contributed by atoms with E-state index in [-0.39, 0.29) is 5.92 Å². The maximum absolute atomic E-state index is 5.35. The highest BCUT2D eigenvalue weighted by atomic mass is 127. The maximum Gasteiger partial charge on any atom is 0.230 e. The van der Waals surface area contributed by atoms with Crippen molar-refractivity contribution in [2.45, 2.75) is 13.8 Å². The van der Waals surface area contributed by atoms with Crippen molar-refractivity contribution in [1.82, 2.24) is 0 Å². The molecule has 0 atom stereocenters. The van der Waals surface area contributed by atoms with Gasteiger partial charge in [-0.05, 0) is 0 Å². The van der Waals surface area contributed by atoms with Crippen LogP contribution in [0.5, 0.6) is 0 Å². The van der Waals surface area contributed by atoms with E-state index in [9.17, 15) is 0 Å². The van der Waals surface area contributed by atoms with E-state index in [1.165, 1.54) is 0 Å². The zero-order chi connectivity index (χ0) is 6.57. The van der Waals surface area contributed by atoms with Gasteiger partial charge in [0, 0.05) is 5.92 Å². The summed E-state index contributed by atoms with van der Waals surface area (Å²) < 4.78 is 4.40. The van der Waals surface area contributed by atoms with E-state index in [4.69, 9.17) is 5.73 Å². The monoisotopic (exact) mass is 228 g/mol. The SMILES string of the molecule is CC(C)/C(N)=N/OI. The van der Waals surface area contributed by atoms with Gasteiger partial charge in [-0.1, -0.05) is 19.0 Å². The molecule has 0 aliphatic rings. The third-order valence-corrected chi connectivity index (χ3v) is 0.928. The molecule has 0 aromatic carbocycles. The van der Waals surface area contributed by atoms with Crippen molar-refractivity contribution in [3.63, 3.8) is 0 Å². The first-order chi connectivity index (χ1) is 3.68. The summed E-state index contributed by atoms with van der Waals surface area (Å²) in [7, 11) is 0. The van der Waals surface area contributed by atoms with E-state index in [0.29, 0.717) is 5.84 Å². The standard InChI is InChI=1S/C4H9IN2O/c1-3(2)4(6)7-8-5/h3H,1-2H3,(H2,6,7). The normalized spacial score (nSPS) is 12.2. The number of nitrogens with two attached hydrogens (primary N) is 1. The van der Waals surface area contributed by atoms with Crippen LogP contribution in [-0.2, 0) is 3.17 Å². The summed E-state index contributed by atoms with van der Waals surface area (Å²) in [6, 6.07) is 0. The molecule has 0 aliphatic carbocycles. The van der Waals surface area contributed by atoms with Crippen LogP contribution in [0.25, 0.3) is 0 Å². The largest absolute Gasteiger partial charge is 0.384 e. The Hall–Kier alpha value is 0. The molecule has 0 radical (unpaired) electrons. The van der Waals surface area contributed by atoms with E-state index in [0.717, 1.165) is 0 Å².